The van der Waals surface area contributed by atoms with Crippen LogP contribution >= 0.6 is 24.0 Å². The lowest BCUT2D eigenvalue weighted by Gasteiger charge is -2.23. The molecule has 0 aliphatic carbocycles. The largest absolute Gasteiger partial charge is 0.465 e. The highest BCUT2D eigenvalue weighted by molar-refractivity contribution is 7.89. The second kappa shape index (κ2) is 7.95. The van der Waals surface area contributed by atoms with E-state index in [1.54, 1.807) is 6.92 Å². The monoisotopic (exact) mass is 356 g/mol. The summed E-state index contributed by atoms with van der Waals surface area (Å²) in [6.45, 7) is 1.89. The third-order valence-corrected chi connectivity index (χ3v) is 5.27. The van der Waals surface area contributed by atoms with Crippen molar-refractivity contribution >= 4 is 40.0 Å². The molecular weight excluding hydrogens is 339 g/mol. The molecule has 6 nitrogen and oxygen atoms in total. The molecule has 0 heterocycles. The second-order valence-electron chi connectivity index (χ2n) is 4.24. The summed E-state index contributed by atoms with van der Waals surface area (Å²) in [6, 6.07) is 3.51. The molecule has 120 valence electrons. The van der Waals surface area contributed by atoms with Crippen molar-refractivity contribution in [2.24, 2.45) is 5.73 Å². The first-order valence-corrected chi connectivity index (χ1v) is 7.63. The summed E-state index contributed by atoms with van der Waals surface area (Å²) in [7, 11) is -1.04. The summed E-state index contributed by atoms with van der Waals surface area (Å²) in [4.78, 5) is 11.4. The lowest BCUT2D eigenvalue weighted by atomic mass is 10.2. The average molecular weight is 357 g/mol. The molecule has 1 aromatic carbocycles. The van der Waals surface area contributed by atoms with E-state index in [4.69, 9.17) is 17.3 Å². The summed E-state index contributed by atoms with van der Waals surface area (Å²) < 4.78 is 30.4. The summed E-state index contributed by atoms with van der Waals surface area (Å²) in [5.41, 5.74) is 5.58. The molecule has 9 heteroatoms. The number of rotatable bonds is 5. The Kier molecular flexibility index (Phi) is 7.63. The fourth-order valence-corrected chi connectivity index (χ4v) is 3.20. The summed E-state index contributed by atoms with van der Waals surface area (Å²) >= 11 is 5.92. The van der Waals surface area contributed by atoms with Crippen LogP contribution in [-0.4, -0.2) is 45.4 Å². The van der Waals surface area contributed by atoms with Crippen molar-refractivity contribution in [2.45, 2.75) is 17.9 Å². The number of methoxy groups -OCH3 is 1. The summed E-state index contributed by atoms with van der Waals surface area (Å²) in [5.74, 6) is -0.623. The zero-order chi connectivity index (χ0) is 15.5. The third-order valence-electron chi connectivity index (χ3n) is 2.98. The zero-order valence-corrected chi connectivity index (χ0v) is 14.3. The molecule has 21 heavy (non-hydrogen) atoms. The van der Waals surface area contributed by atoms with E-state index in [-0.39, 0.29) is 40.5 Å². The van der Waals surface area contributed by atoms with Crippen LogP contribution in [0.3, 0.4) is 0 Å². The highest BCUT2D eigenvalue weighted by atomic mass is 35.5. The van der Waals surface area contributed by atoms with Gasteiger partial charge in [0.25, 0.3) is 0 Å². The Balaban J connectivity index is 0.00000400. The van der Waals surface area contributed by atoms with E-state index >= 15 is 0 Å². The number of nitrogens with two attached hydrogens (primary N) is 1. The average Bonchev–Trinajstić information content (AvgIpc) is 2.44. The Morgan fingerprint density at radius 2 is 2.05 bits per heavy atom. The van der Waals surface area contributed by atoms with Gasteiger partial charge in [0.05, 0.1) is 22.6 Å². The van der Waals surface area contributed by atoms with Crippen molar-refractivity contribution in [3.05, 3.63) is 28.8 Å². The molecule has 0 amide bonds. The molecular formula is C12H18Cl2N2O4S. The number of ether oxygens (including phenoxy) is 1. The number of benzene rings is 1. The highest BCUT2D eigenvalue weighted by Crippen LogP contribution is 2.24. The number of carbonyl (C=O) groups excluding carboxylic acids is 1. The van der Waals surface area contributed by atoms with Crippen molar-refractivity contribution < 1.29 is 17.9 Å². The predicted octanol–water partition coefficient (Wildman–Crippen LogP) is 1.52. The second-order valence-corrected chi connectivity index (χ2v) is 6.64. The first-order chi connectivity index (χ1) is 9.25. The minimum absolute atomic E-state index is 0. The quantitative estimate of drug-likeness (QED) is 0.807. The van der Waals surface area contributed by atoms with E-state index in [2.05, 4.69) is 4.74 Å². The maximum atomic E-state index is 12.3. The number of hydrogen-bond acceptors (Lipinski definition) is 5. The Bertz CT molecular complexity index is 607. The molecule has 0 aliphatic rings. The Morgan fingerprint density at radius 1 is 1.48 bits per heavy atom. The normalized spacial score (nSPS) is 12.7. The SMILES string of the molecule is COC(=O)c1ccc(S(=O)(=O)N(C)C(C)CN)cc1Cl.Cl. The van der Waals surface area contributed by atoms with Gasteiger partial charge in [-0.15, -0.1) is 12.4 Å². The molecule has 0 radical (unpaired) electrons. The molecule has 0 saturated carbocycles. The van der Waals surface area contributed by atoms with Gasteiger partial charge in [-0.25, -0.2) is 13.2 Å². The van der Waals surface area contributed by atoms with Crippen LogP contribution in [0.1, 0.15) is 17.3 Å². The maximum Gasteiger partial charge on any atom is 0.339 e. The van der Waals surface area contributed by atoms with Gasteiger partial charge in [-0.05, 0) is 25.1 Å². The molecule has 0 bridgehead atoms. The molecule has 0 aromatic heterocycles. The number of carbonyl (C=O) groups is 1. The van der Waals surface area contributed by atoms with Gasteiger partial charge in [-0.2, -0.15) is 4.31 Å². The standard InChI is InChI=1S/C12H17ClN2O4S.ClH/c1-8(7-14)15(2)20(17,18)9-4-5-10(11(13)6-9)12(16)19-3;/h4-6,8H,7,14H2,1-3H3;1H. The Labute approximate surface area is 135 Å². The highest BCUT2D eigenvalue weighted by Gasteiger charge is 2.25. The van der Waals surface area contributed by atoms with E-state index in [9.17, 15) is 13.2 Å². The van der Waals surface area contributed by atoms with Crippen molar-refractivity contribution in [1.82, 2.24) is 4.31 Å². The number of esters is 1. The molecule has 0 spiro atoms. The van der Waals surface area contributed by atoms with Crippen LogP contribution in [0, 0.1) is 0 Å². The van der Waals surface area contributed by atoms with Crippen LogP contribution in [0.2, 0.25) is 5.02 Å². The predicted molar refractivity (Wildman–Crippen MR) is 83.5 cm³/mol. The van der Waals surface area contributed by atoms with E-state index in [1.165, 1.54) is 32.4 Å². The number of hydrogen-bond donors (Lipinski definition) is 1. The van der Waals surface area contributed by atoms with E-state index in [0.717, 1.165) is 4.31 Å². The molecule has 1 rings (SSSR count). The molecule has 2 N–H and O–H groups in total. The smallest absolute Gasteiger partial charge is 0.339 e. The minimum atomic E-state index is -3.71. The van der Waals surface area contributed by atoms with E-state index < -0.39 is 16.0 Å². The number of sulfonamides is 1. The van der Waals surface area contributed by atoms with Gasteiger partial charge in [0.1, 0.15) is 0 Å². The third kappa shape index (κ3) is 4.31. The van der Waals surface area contributed by atoms with E-state index in [0.29, 0.717) is 0 Å². The van der Waals surface area contributed by atoms with Gasteiger partial charge in [0.2, 0.25) is 10.0 Å². The van der Waals surface area contributed by atoms with Gasteiger partial charge < -0.3 is 10.5 Å². The van der Waals surface area contributed by atoms with E-state index in [1.807, 2.05) is 0 Å². The summed E-state index contributed by atoms with van der Waals surface area (Å²) in [5, 5.41) is 0.0201. The number of likely N-dealkylation sites (N-methyl/N-ethyl adjacent to an activating group) is 1. The molecule has 0 saturated heterocycles. The lowest BCUT2D eigenvalue weighted by Crippen LogP contribution is -2.39. The van der Waals surface area contributed by atoms with Gasteiger partial charge in [0, 0.05) is 19.6 Å². The van der Waals surface area contributed by atoms with Crippen molar-refractivity contribution in [2.75, 3.05) is 20.7 Å². The van der Waals surface area contributed by atoms with Crippen LogP contribution < -0.4 is 5.73 Å². The number of nitrogens with zero attached hydrogens (tertiary/aromatic N) is 1. The number of halogens is 2. The first-order valence-electron chi connectivity index (χ1n) is 5.81. The van der Waals surface area contributed by atoms with Crippen LogP contribution in [0.4, 0.5) is 0 Å². The Morgan fingerprint density at radius 3 is 2.48 bits per heavy atom. The van der Waals surface area contributed by atoms with Crippen molar-refractivity contribution in [3.63, 3.8) is 0 Å². The van der Waals surface area contributed by atoms with Crippen molar-refractivity contribution in [3.8, 4) is 0 Å². The Hall–Kier alpha value is -0.860. The lowest BCUT2D eigenvalue weighted by molar-refractivity contribution is 0.0601. The fourth-order valence-electron chi connectivity index (χ4n) is 1.48. The fraction of sp³-hybridized carbons (Fsp3) is 0.417. The molecule has 0 fully saturated rings. The van der Waals surface area contributed by atoms with Gasteiger partial charge in [-0.1, -0.05) is 11.6 Å². The molecule has 1 atom stereocenters. The topological polar surface area (TPSA) is 89.7 Å². The van der Waals surface area contributed by atoms with Crippen LogP contribution in [0.15, 0.2) is 23.1 Å². The van der Waals surface area contributed by atoms with Crippen LogP contribution in [0.25, 0.3) is 0 Å². The van der Waals surface area contributed by atoms with Crippen LogP contribution in [-0.2, 0) is 14.8 Å². The molecule has 1 unspecified atom stereocenters. The van der Waals surface area contributed by atoms with Gasteiger partial charge in [-0.3, -0.25) is 0 Å². The first kappa shape index (κ1) is 20.1. The van der Waals surface area contributed by atoms with Crippen LogP contribution in [0.5, 0.6) is 0 Å². The minimum Gasteiger partial charge on any atom is -0.465 e. The van der Waals surface area contributed by atoms with Gasteiger partial charge in [0.15, 0.2) is 0 Å². The van der Waals surface area contributed by atoms with Crippen molar-refractivity contribution in [1.29, 1.82) is 0 Å². The molecule has 1 aromatic rings. The summed E-state index contributed by atoms with van der Waals surface area (Å²) in [6.07, 6.45) is 0. The molecule has 0 aliphatic heterocycles. The van der Waals surface area contributed by atoms with Gasteiger partial charge >= 0.3 is 5.97 Å². The zero-order valence-electron chi connectivity index (χ0n) is 11.9. The maximum absolute atomic E-state index is 12.3.